The lowest BCUT2D eigenvalue weighted by molar-refractivity contribution is -0.119. The van der Waals surface area contributed by atoms with Gasteiger partial charge in [0.15, 0.2) is 23.3 Å². The molecule has 9 heteroatoms. The van der Waals surface area contributed by atoms with Crippen LogP contribution in [0.3, 0.4) is 0 Å². The van der Waals surface area contributed by atoms with E-state index in [0.717, 1.165) is 0 Å². The molecule has 0 aliphatic rings. The van der Waals surface area contributed by atoms with Gasteiger partial charge in [-0.2, -0.15) is 5.10 Å². The lowest BCUT2D eigenvalue weighted by atomic mass is 10.2. The Hall–Kier alpha value is -1.90. The second-order valence-corrected chi connectivity index (χ2v) is 5.41. The molecule has 2 rings (SSSR count). The molecule has 2 aromatic rings. The Bertz CT molecular complexity index is 702. The average Bonchev–Trinajstić information content (AvgIpc) is 2.80. The van der Waals surface area contributed by atoms with Gasteiger partial charge < -0.3 is 5.32 Å². The van der Waals surface area contributed by atoms with Crippen LogP contribution in [-0.2, 0) is 4.79 Å². The summed E-state index contributed by atoms with van der Waals surface area (Å²) in [6.45, 7) is 3.10. The molecule has 118 valence electrons. The third-order valence-corrected chi connectivity index (χ3v) is 3.77. The quantitative estimate of drug-likeness (QED) is 0.652. The van der Waals surface area contributed by atoms with E-state index in [1.54, 1.807) is 6.92 Å². The summed E-state index contributed by atoms with van der Waals surface area (Å²) in [6, 6.07) is -0.882. The van der Waals surface area contributed by atoms with Crippen LogP contribution in [0.4, 0.5) is 23.2 Å². The highest BCUT2D eigenvalue weighted by molar-refractivity contribution is 9.10. The Morgan fingerprint density at radius 2 is 1.82 bits per heavy atom. The SMILES string of the molecule is Cc1nn(C(C)C(=O)Nc2c(F)c(F)cc(F)c2F)cc1Br. The van der Waals surface area contributed by atoms with Crippen LogP contribution in [0.5, 0.6) is 0 Å². The zero-order valence-corrected chi connectivity index (χ0v) is 13.0. The predicted octanol–water partition coefficient (Wildman–Crippen LogP) is 3.71. The third kappa shape index (κ3) is 2.99. The summed E-state index contributed by atoms with van der Waals surface area (Å²) in [5.74, 6) is -7.41. The summed E-state index contributed by atoms with van der Waals surface area (Å²) in [6.07, 6.45) is 1.50. The number of aryl methyl sites for hydroxylation is 1. The second kappa shape index (κ2) is 6.07. The van der Waals surface area contributed by atoms with Crippen molar-refractivity contribution in [3.63, 3.8) is 0 Å². The minimum absolute atomic E-state index is 0.0672. The molecule has 0 radical (unpaired) electrons. The Kier molecular flexibility index (Phi) is 4.55. The highest BCUT2D eigenvalue weighted by Gasteiger charge is 2.24. The third-order valence-electron chi connectivity index (χ3n) is 2.99. The molecule has 22 heavy (non-hydrogen) atoms. The number of nitrogens with one attached hydrogen (secondary N) is 1. The van der Waals surface area contributed by atoms with Crippen LogP contribution in [0.15, 0.2) is 16.7 Å². The minimum atomic E-state index is -1.67. The summed E-state index contributed by atoms with van der Waals surface area (Å²) in [5, 5.41) is 5.87. The van der Waals surface area contributed by atoms with Crippen LogP contribution >= 0.6 is 15.9 Å². The molecular weight excluding hydrogens is 370 g/mol. The lowest BCUT2D eigenvalue weighted by Gasteiger charge is -2.14. The minimum Gasteiger partial charge on any atom is -0.319 e. The number of benzene rings is 1. The van der Waals surface area contributed by atoms with Crippen LogP contribution in [0, 0.1) is 30.2 Å². The van der Waals surface area contributed by atoms with Crippen LogP contribution in [0.1, 0.15) is 18.7 Å². The molecule has 1 atom stereocenters. The van der Waals surface area contributed by atoms with Gasteiger partial charge in [-0.25, -0.2) is 17.6 Å². The Morgan fingerprint density at radius 1 is 1.27 bits per heavy atom. The second-order valence-electron chi connectivity index (χ2n) is 4.55. The van der Waals surface area contributed by atoms with Gasteiger partial charge in [0.25, 0.3) is 0 Å². The average molecular weight is 380 g/mol. The molecule has 0 aliphatic carbocycles. The number of carbonyl (C=O) groups is 1. The molecule has 0 fully saturated rings. The highest BCUT2D eigenvalue weighted by Crippen LogP contribution is 2.25. The summed E-state index contributed by atoms with van der Waals surface area (Å²) < 4.78 is 55.1. The van der Waals surface area contributed by atoms with Gasteiger partial charge in [-0.15, -0.1) is 0 Å². The van der Waals surface area contributed by atoms with Crippen LogP contribution in [-0.4, -0.2) is 15.7 Å². The van der Waals surface area contributed by atoms with E-state index >= 15 is 0 Å². The molecule has 0 saturated heterocycles. The number of carbonyl (C=O) groups excluding carboxylic acids is 1. The molecule has 1 heterocycles. The Morgan fingerprint density at radius 3 is 2.27 bits per heavy atom. The van der Waals surface area contributed by atoms with Gasteiger partial charge >= 0.3 is 0 Å². The molecule has 4 nitrogen and oxygen atoms in total. The molecule has 0 saturated carbocycles. The maximum Gasteiger partial charge on any atom is 0.249 e. The fourth-order valence-corrected chi connectivity index (χ4v) is 1.98. The van der Waals surface area contributed by atoms with Crippen molar-refractivity contribution in [3.05, 3.63) is 45.7 Å². The molecule has 0 spiro atoms. The monoisotopic (exact) mass is 379 g/mol. The van der Waals surface area contributed by atoms with Crippen LogP contribution in [0.25, 0.3) is 0 Å². The number of amides is 1. The van der Waals surface area contributed by atoms with E-state index in [1.807, 2.05) is 5.32 Å². The molecule has 1 amide bonds. The smallest absolute Gasteiger partial charge is 0.249 e. The molecule has 0 aliphatic heterocycles. The van der Waals surface area contributed by atoms with Crippen molar-refractivity contribution in [1.29, 1.82) is 0 Å². The van der Waals surface area contributed by atoms with Crippen molar-refractivity contribution < 1.29 is 22.4 Å². The largest absolute Gasteiger partial charge is 0.319 e. The summed E-state index contributed by atoms with van der Waals surface area (Å²) in [4.78, 5) is 12.0. The first kappa shape index (κ1) is 16.5. The van der Waals surface area contributed by atoms with Crippen molar-refractivity contribution in [1.82, 2.24) is 9.78 Å². The van der Waals surface area contributed by atoms with E-state index in [-0.39, 0.29) is 6.07 Å². The maximum absolute atomic E-state index is 13.5. The first-order valence-electron chi connectivity index (χ1n) is 6.07. The molecule has 1 N–H and O–H groups in total. The first-order valence-corrected chi connectivity index (χ1v) is 6.86. The van der Waals surface area contributed by atoms with Crippen molar-refractivity contribution in [2.24, 2.45) is 0 Å². The van der Waals surface area contributed by atoms with E-state index in [4.69, 9.17) is 0 Å². The summed E-state index contributed by atoms with van der Waals surface area (Å²) in [7, 11) is 0. The zero-order chi connectivity index (χ0) is 16.6. The van der Waals surface area contributed by atoms with E-state index in [2.05, 4.69) is 21.0 Å². The van der Waals surface area contributed by atoms with Crippen molar-refractivity contribution in [2.75, 3.05) is 5.32 Å². The van der Waals surface area contributed by atoms with E-state index < -0.39 is 40.9 Å². The summed E-state index contributed by atoms with van der Waals surface area (Å²) >= 11 is 3.21. The molecule has 1 aromatic carbocycles. The molecule has 1 unspecified atom stereocenters. The Labute approximate surface area is 131 Å². The van der Waals surface area contributed by atoms with Gasteiger partial charge in [0, 0.05) is 12.3 Å². The van der Waals surface area contributed by atoms with Crippen molar-refractivity contribution in [3.8, 4) is 0 Å². The fraction of sp³-hybridized carbons (Fsp3) is 0.231. The van der Waals surface area contributed by atoms with Gasteiger partial charge in [0.2, 0.25) is 5.91 Å². The number of aromatic nitrogens is 2. The van der Waals surface area contributed by atoms with E-state index in [9.17, 15) is 22.4 Å². The van der Waals surface area contributed by atoms with Crippen LogP contribution < -0.4 is 5.32 Å². The molecule has 0 bridgehead atoms. The number of halogens is 5. The topological polar surface area (TPSA) is 46.9 Å². The predicted molar refractivity (Wildman–Crippen MR) is 74.3 cm³/mol. The number of rotatable bonds is 3. The highest BCUT2D eigenvalue weighted by atomic mass is 79.9. The number of anilines is 1. The number of hydrogen-bond acceptors (Lipinski definition) is 2. The van der Waals surface area contributed by atoms with Gasteiger partial charge in [-0.1, -0.05) is 0 Å². The lowest BCUT2D eigenvalue weighted by Crippen LogP contribution is -2.25. The maximum atomic E-state index is 13.5. The van der Waals surface area contributed by atoms with Gasteiger partial charge in [0.05, 0.1) is 10.2 Å². The van der Waals surface area contributed by atoms with Gasteiger partial charge in [-0.3, -0.25) is 9.48 Å². The van der Waals surface area contributed by atoms with E-state index in [0.29, 0.717) is 10.2 Å². The molecule has 1 aromatic heterocycles. The first-order chi connectivity index (χ1) is 10.2. The van der Waals surface area contributed by atoms with Crippen LogP contribution in [0.2, 0.25) is 0 Å². The van der Waals surface area contributed by atoms with Gasteiger partial charge in [0.1, 0.15) is 11.7 Å². The summed E-state index contributed by atoms with van der Waals surface area (Å²) in [5.41, 5.74) is -0.564. The van der Waals surface area contributed by atoms with Crippen molar-refractivity contribution >= 4 is 27.5 Å². The fourth-order valence-electron chi connectivity index (χ4n) is 1.69. The van der Waals surface area contributed by atoms with Gasteiger partial charge in [-0.05, 0) is 29.8 Å². The number of hydrogen-bond donors (Lipinski definition) is 1. The molecular formula is C13H10BrF4N3O. The Balaban J connectivity index is 2.29. The normalized spacial score (nSPS) is 12.3. The van der Waals surface area contributed by atoms with E-state index in [1.165, 1.54) is 17.8 Å². The standard InChI is InChI=1S/C13H10BrF4N3O/c1-5-7(14)4-21(20-5)6(2)13(22)19-12-10(17)8(15)3-9(16)11(12)18/h3-4,6H,1-2H3,(H,19,22). The van der Waals surface area contributed by atoms with Crippen molar-refractivity contribution in [2.45, 2.75) is 19.9 Å². The zero-order valence-electron chi connectivity index (χ0n) is 11.4. The number of nitrogens with zero attached hydrogens (tertiary/aromatic N) is 2.